The molecule has 0 aliphatic rings. The third kappa shape index (κ3) is 65.6. The molecule has 0 saturated heterocycles. The first-order valence-corrected chi connectivity index (χ1v) is 36.5. The maximum absolute atomic E-state index is 12.9. The highest BCUT2D eigenvalue weighted by molar-refractivity contribution is 7.45. The Kier molecular flexibility index (Phi) is 60.9. The predicted octanol–water partition coefficient (Wildman–Crippen LogP) is 21.9. The molecule has 0 fully saturated rings. The molecule has 0 bridgehead atoms. The lowest BCUT2D eigenvalue weighted by Gasteiger charge is -2.28. The molecular formula is C70H136NO8P. The minimum absolute atomic E-state index is 0.0267. The van der Waals surface area contributed by atoms with E-state index >= 15 is 0 Å². The van der Waals surface area contributed by atoms with Gasteiger partial charge in [0.15, 0.2) is 6.10 Å². The van der Waals surface area contributed by atoms with Gasteiger partial charge in [0.2, 0.25) is 0 Å². The van der Waals surface area contributed by atoms with Crippen molar-refractivity contribution in [2.24, 2.45) is 0 Å². The van der Waals surface area contributed by atoms with Crippen LogP contribution >= 0.6 is 7.82 Å². The fourth-order valence-corrected chi connectivity index (χ4v) is 11.3. The van der Waals surface area contributed by atoms with E-state index in [9.17, 15) is 19.0 Å². The molecule has 0 aromatic heterocycles. The van der Waals surface area contributed by atoms with Crippen LogP contribution in [0.2, 0.25) is 0 Å². The summed E-state index contributed by atoms with van der Waals surface area (Å²) in [4.78, 5) is 38.0. The number of likely N-dealkylation sites (N-methyl/N-ethyl adjacent to an activating group) is 1. The van der Waals surface area contributed by atoms with Crippen LogP contribution in [-0.2, 0) is 32.7 Å². The van der Waals surface area contributed by atoms with Crippen LogP contribution in [-0.4, -0.2) is 70.0 Å². The maximum atomic E-state index is 12.9. The van der Waals surface area contributed by atoms with E-state index in [-0.39, 0.29) is 32.0 Å². The smallest absolute Gasteiger partial charge is 0.306 e. The number of ether oxygens (including phenoxy) is 2. The van der Waals surface area contributed by atoms with Crippen LogP contribution in [0.5, 0.6) is 0 Å². The summed E-state index contributed by atoms with van der Waals surface area (Å²) < 4.78 is 34.3. The van der Waals surface area contributed by atoms with Gasteiger partial charge in [-0.1, -0.05) is 327 Å². The van der Waals surface area contributed by atoms with Crippen LogP contribution in [0.3, 0.4) is 0 Å². The van der Waals surface area contributed by atoms with Crippen molar-refractivity contribution in [2.75, 3.05) is 47.5 Å². The van der Waals surface area contributed by atoms with E-state index in [0.29, 0.717) is 17.4 Å². The zero-order chi connectivity index (χ0) is 58.4. The molecule has 0 radical (unpaired) electrons. The van der Waals surface area contributed by atoms with Gasteiger partial charge in [0.05, 0.1) is 27.7 Å². The van der Waals surface area contributed by atoms with Gasteiger partial charge in [-0.3, -0.25) is 14.2 Å². The van der Waals surface area contributed by atoms with Gasteiger partial charge in [0.25, 0.3) is 7.82 Å². The normalized spacial score (nSPS) is 13.2. The van der Waals surface area contributed by atoms with Gasteiger partial charge in [-0.2, -0.15) is 0 Å². The molecule has 0 aromatic rings. The number of rotatable bonds is 66. The monoisotopic (exact) mass is 1150 g/mol. The van der Waals surface area contributed by atoms with Crippen molar-refractivity contribution < 1.29 is 42.1 Å². The zero-order valence-corrected chi connectivity index (χ0v) is 55.0. The Morgan fingerprint density at radius 3 is 0.988 bits per heavy atom. The van der Waals surface area contributed by atoms with Gasteiger partial charge in [0, 0.05) is 12.8 Å². The average Bonchev–Trinajstić information content (AvgIpc) is 3.42. The van der Waals surface area contributed by atoms with E-state index in [1.165, 1.54) is 289 Å². The Labute approximate surface area is 498 Å². The fourth-order valence-electron chi connectivity index (χ4n) is 10.6. The second-order valence-corrected chi connectivity index (χ2v) is 26.7. The maximum Gasteiger partial charge on any atom is 0.306 e. The van der Waals surface area contributed by atoms with Gasteiger partial charge >= 0.3 is 11.9 Å². The van der Waals surface area contributed by atoms with Crippen LogP contribution < -0.4 is 4.89 Å². The summed E-state index contributed by atoms with van der Waals surface area (Å²) >= 11 is 0. The number of hydrogen-bond acceptors (Lipinski definition) is 8. The lowest BCUT2D eigenvalue weighted by molar-refractivity contribution is -0.870. The fraction of sp³-hybridized carbons (Fsp3) is 0.914. The first-order chi connectivity index (χ1) is 39.0. The topological polar surface area (TPSA) is 111 Å². The van der Waals surface area contributed by atoms with Gasteiger partial charge in [-0.25, -0.2) is 0 Å². The lowest BCUT2D eigenvalue weighted by Crippen LogP contribution is -2.37. The summed E-state index contributed by atoms with van der Waals surface area (Å²) in [5, 5.41) is 0. The number of allylic oxidation sites excluding steroid dienone is 4. The molecule has 2 unspecified atom stereocenters. The Morgan fingerprint density at radius 2 is 0.675 bits per heavy atom. The Bertz CT molecular complexity index is 1400. The SMILES string of the molecule is CCCCCCC/C=C\C/C=C\CCCCCCCCCCCCCCCCCCCCCC(=O)OC(COC(=O)CCCCCCCCCCCCCCCCCCCCCCCCCCC)COP(=O)([O-])OCC[N+](C)(C)C. The van der Waals surface area contributed by atoms with Crippen molar-refractivity contribution in [2.45, 2.75) is 367 Å². The second-order valence-electron chi connectivity index (χ2n) is 25.3. The zero-order valence-electron chi connectivity index (χ0n) is 54.1. The summed E-state index contributed by atoms with van der Waals surface area (Å²) in [5.74, 6) is -0.808. The van der Waals surface area contributed by atoms with E-state index in [0.717, 1.165) is 38.5 Å². The number of carbonyl (C=O) groups excluding carboxylic acids is 2. The van der Waals surface area contributed by atoms with Gasteiger partial charge in [0.1, 0.15) is 19.8 Å². The number of carbonyl (C=O) groups is 2. The Balaban J connectivity index is 3.99. The van der Waals surface area contributed by atoms with Crippen LogP contribution in [0.4, 0.5) is 0 Å². The highest BCUT2D eigenvalue weighted by Gasteiger charge is 2.22. The lowest BCUT2D eigenvalue weighted by atomic mass is 10.0. The molecule has 0 saturated carbocycles. The van der Waals surface area contributed by atoms with Gasteiger partial charge in [-0.05, 0) is 44.9 Å². The molecule has 0 heterocycles. The molecule has 9 nitrogen and oxygen atoms in total. The molecule has 0 aliphatic carbocycles. The van der Waals surface area contributed by atoms with E-state index in [2.05, 4.69) is 38.2 Å². The predicted molar refractivity (Wildman–Crippen MR) is 342 cm³/mol. The molecule has 0 rings (SSSR count). The minimum Gasteiger partial charge on any atom is -0.756 e. The van der Waals surface area contributed by atoms with E-state index < -0.39 is 26.5 Å². The summed E-state index contributed by atoms with van der Waals surface area (Å²) in [6.45, 7) is 4.31. The molecular weight excluding hydrogens is 1010 g/mol. The van der Waals surface area contributed by atoms with Crippen molar-refractivity contribution in [3.8, 4) is 0 Å². The van der Waals surface area contributed by atoms with Crippen LogP contribution in [0.15, 0.2) is 24.3 Å². The van der Waals surface area contributed by atoms with Crippen molar-refractivity contribution in [1.29, 1.82) is 0 Å². The number of quaternary nitrogens is 1. The molecule has 2 atom stereocenters. The molecule has 0 N–H and O–H groups in total. The first-order valence-electron chi connectivity index (χ1n) is 35.0. The molecule has 0 aliphatic heterocycles. The summed E-state index contributed by atoms with van der Waals surface area (Å²) in [7, 11) is 1.19. The van der Waals surface area contributed by atoms with Crippen LogP contribution in [0.25, 0.3) is 0 Å². The van der Waals surface area contributed by atoms with E-state index in [1.54, 1.807) is 0 Å². The Hall–Kier alpha value is -1.51. The van der Waals surface area contributed by atoms with Crippen LogP contribution in [0.1, 0.15) is 361 Å². The average molecular weight is 1150 g/mol. The second kappa shape index (κ2) is 62.0. The minimum atomic E-state index is -4.64. The highest BCUT2D eigenvalue weighted by Crippen LogP contribution is 2.38. The quantitative estimate of drug-likeness (QED) is 0.0195. The number of esters is 2. The van der Waals surface area contributed by atoms with E-state index in [4.69, 9.17) is 18.5 Å². The van der Waals surface area contributed by atoms with Crippen LogP contribution in [0, 0.1) is 0 Å². The van der Waals surface area contributed by atoms with Crippen molar-refractivity contribution in [1.82, 2.24) is 0 Å². The molecule has 474 valence electrons. The number of phosphoric ester groups is 1. The number of unbranched alkanes of at least 4 members (excludes halogenated alkanes) is 48. The standard InChI is InChI=1S/C70H136NO8P/c1-6-8-10-12-14-16-18-20-22-24-26-28-30-32-33-34-35-36-37-39-41-43-45-47-49-51-53-55-57-59-61-63-70(73)79-68(67-78-80(74,75)77-65-64-71(3,4)5)66-76-69(72)62-60-58-56-54-52-50-48-46-44-42-40-38-31-29-27-25-23-21-19-17-15-13-11-9-7-2/h18,20,24,26,68H,6-17,19,21-23,25,27-67H2,1-5H3/b20-18-,26-24-. The van der Waals surface area contributed by atoms with E-state index in [1.807, 2.05) is 21.1 Å². The Morgan fingerprint density at radius 1 is 0.388 bits per heavy atom. The van der Waals surface area contributed by atoms with Crippen molar-refractivity contribution in [3.63, 3.8) is 0 Å². The highest BCUT2D eigenvalue weighted by atomic mass is 31.2. The summed E-state index contributed by atoms with van der Waals surface area (Å²) in [5.41, 5.74) is 0. The van der Waals surface area contributed by atoms with Crippen molar-refractivity contribution in [3.05, 3.63) is 24.3 Å². The number of hydrogen-bond donors (Lipinski definition) is 0. The summed E-state index contributed by atoms with van der Waals surface area (Å²) in [6.07, 6.45) is 76.9. The van der Waals surface area contributed by atoms with Crippen molar-refractivity contribution >= 4 is 19.8 Å². The number of nitrogens with zero attached hydrogens (tertiary/aromatic N) is 1. The third-order valence-electron chi connectivity index (χ3n) is 16.0. The molecule has 0 aromatic carbocycles. The first kappa shape index (κ1) is 78.5. The number of phosphoric acid groups is 1. The molecule has 0 spiro atoms. The van der Waals surface area contributed by atoms with Gasteiger partial charge in [-0.15, -0.1) is 0 Å². The molecule has 10 heteroatoms. The third-order valence-corrected chi connectivity index (χ3v) is 16.9. The molecule has 0 amide bonds. The summed E-state index contributed by atoms with van der Waals surface area (Å²) in [6, 6.07) is 0. The van der Waals surface area contributed by atoms with Gasteiger partial charge < -0.3 is 27.9 Å². The molecule has 80 heavy (non-hydrogen) atoms. The largest absolute Gasteiger partial charge is 0.756 e.